The van der Waals surface area contributed by atoms with E-state index >= 15 is 0 Å². The third-order valence-electron chi connectivity index (χ3n) is 6.11. The van der Waals surface area contributed by atoms with Crippen LogP contribution >= 0.6 is 0 Å². The van der Waals surface area contributed by atoms with Gasteiger partial charge >= 0.3 is 0 Å². The van der Waals surface area contributed by atoms with Gasteiger partial charge in [-0.3, -0.25) is 9.69 Å². The van der Waals surface area contributed by atoms with Crippen molar-refractivity contribution in [3.63, 3.8) is 0 Å². The van der Waals surface area contributed by atoms with Gasteiger partial charge in [0.2, 0.25) is 11.9 Å². The largest absolute Gasteiger partial charge is 0.352 e. The van der Waals surface area contributed by atoms with Crippen molar-refractivity contribution in [3.05, 3.63) is 18.5 Å². The second-order valence-electron chi connectivity index (χ2n) is 7.63. The first-order valence-electron chi connectivity index (χ1n) is 9.62. The number of hydrogen-bond donors (Lipinski definition) is 1. The van der Waals surface area contributed by atoms with Crippen LogP contribution in [-0.2, 0) is 4.79 Å². The molecular weight excluding hydrogens is 314 g/mol. The van der Waals surface area contributed by atoms with Crippen LogP contribution in [0.3, 0.4) is 0 Å². The van der Waals surface area contributed by atoms with Gasteiger partial charge in [0, 0.05) is 44.6 Å². The van der Waals surface area contributed by atoms with Crippen LogP contribution in [0.5, 0.6) is 0 Å². The Hall–Kier alpha value is -1.69. The van der Waals surface area contributed by atoms with Gasteiger partial charge in [-0.2, -0.15) is 0 Å². The molecule has 1 saturated carbocycles. The molecule has 0 bridgehead atoms. The molecule has 0 aromatic carbocycles. The Bertz CT molecular complexity index is 558. The van der Waals surface area contributed by atoms with Gasteiger partial charge in [-0.15, -0.1) is 0 Å². The standard InChI is InChI=1S/C19H31N5O/c1-14-6-4-7-17(15(14)2)22-18(25)16(3)23-10-12-24(13-11-23)19-20-8-5-9-21-19/h5,8-9,14-17H,4,6-7,10-13H2,1-3H3,(H,22,25)/t14-,15-,16-,17-/m1/s1. The van der Waals surface area contributed by atoms with Gasteiger partial charge in [-0.05, 0) is 31.2 Å². The fraction of sp³-hybridized carbons (Fsp3) is 0.737. The van der Waals surface area contributed by atoms with E-state index in [1.165, 1.54) is 12.8 Å². The van der Waals surface area contributed by atoms with Gasteiger partial charge in [0.25, 0.3) is 0 Å². The van der Waals surface area contributed by atoms with Crippen molar-refractivity contribution in [1.29, 1.82) is 0 Å². The number of hydrogen-bond acceptors (Lipinski definition) is 5. The quantitative estimate of drug-likeness (QED) is 0.903. The van der Waals surface area contributed by atoms with E-state index in [0.29, 0.717) is 17.9 Å². The van der Waals surface area contributed by atoms with Crippen molar-refractivity contribution < 1.29 is 4.79 Å². The molecule has 1 amide bonds. The summed E-state index contributed by atoms with van der Waals surface area (Å²) in [6.07, 6.45) is 7.17. The Kier molecular flexibility index (Phi) is 5.89. The van der Waals surface area contributed by atoms with Crippen molar-refractivity contribution in [2.75, 3.05) is 31.1 Å². The second kappa shape index (κ2) is 8.13. The molecule has 2 aliphatic rings. The van der Waals surface area contributed by atoms with Crippen LogP contribution in [0.25, 0.3) is 0 Å². The summed E-state index contributed by atoms with van der Waals surface area (Å²) in [6.45, 7) is 10.1. The van der Waals surface area contributed by atoms with E-state index in [0.717, 1.165) is 38.5 Å². The molecule has 4 atom stereocenters. The number of anilines is 1. The van der Waals surface area contributed by atoms with Crippen molar-refractivity contribution in [3.8, 4) is 0 Å². The van der Waals surface area contributed by atoms with Crippen LogP contribution in [0.2, 0.25) is 0 Å². The molecule has 1 aromatic rings. The summed E-state index contributed by atoms with van der Waals surface area (Å²) in [5.41, 5.74) is 0. The minimum Gasteiger partial charge on any atom is -0.352 e. The van der Waals surface area contributed by atoms with Gasteiger partial charge in [-0.25, -0.2) is 9.97 Å². The first-order chi connectivity index (χ1) is 12.1. The average molecular weight is 345 g/mol. The van der Waals surface area contributed by atoms with Gasteiger partial charge in [0.05, 0.1) is 6.04 Å². The number of rotatable bonds is 4. The highest BCUT2D eigenvalue weighted by molar-refractivity contribution is 5.81. The summed E-state index contributed by atoms with van der Waals surface area (Å²) in [7, 11) is 0. The van der Waals surface area contributed by atoms with Gasteiger partial charge in [0.15, 0.2) is 0 Å². The third-order valence-corrected chi connectivity index (χ3v) is 6.11. The molecule has 0 spiro atoms. The van der Waals surface area contributed by atoms with Gasteiger partial charge in [0.1, 0.15) is 0 Å². The predicted octanol–water partition coefficient (Wildman–Crippen LogP) is 1.93. The lowest BCUT2D eigenvalue weighted by Crippen LogP contribution is -2.56. The number of nitrogens with zero attached hydrogens (tertiary/aromatic N) is 4. The van der Waals surface area contributed by atoms with E-state index in [9.17, 15) is 4.79 Å². The fourth-order valence-corrected chi connectivity index (χ4v) is 4.02. The summed E-state index contributed by atoms with van der Waals surface area (Å²) in [6, 6.07) is 2.08. The van der Waals surface area contributed by atoms with Crippen LogP contribution in [0.15, 0.2) is 18.5 Å². The zero-order valence-corrected chi connectivity index (χ0v) is 15.7. The number of carbonyl (C=O) groups is 1. The van der Waals surface area contributed by atoms with E-state index in [-0.39, 0.29) is 11.9 Å². The molecule has 1 aliphatic carbocycles. The normalized spacial score (nSPS) is 29.2. The van der Waals surface area contributed by atoms with E-state index in [4.69, 9.17) is 0 Å². The molecule has 2 fully saturated rings. The summed E-state index contributed by atoms with van der Waals surface area (Å²) < 4.78 is 0. The van der Waals surface area contributed by atoms with Crippen LogP contribution < -0.4 is 10.2 Å². The predicted molar refractivity (Wildman–Crippen MR) is 99.4 cm³/mol. The highest BCUT2D eigenvalue weighted by atomic mass is 16.2. The highest BCUT2D eigenvalue weighted by Crippen LogP contribution is 2.29. The summed E-state index contributed by atoms with van der Waals surface area (Å²) in [5.74, 6) is 2.22. The third kappa shape index (κ3) is 4.29. The molecule has 1 N–H and O–H groups in total. The van der Waals surface area contributed by atoms with Crippen molar-refractivity contribution in [2.45, 2.75) is 52.1 Å². The summed E-state index contributed by atoms with van der Waals surface area (Å²) >= 11 is 0. The molecule has 6 nitrogen and oxygen atoms in total. The van der Waals surface area contributed by atoms with E-state index in [2.05, 4.69) is 38.9 Å². The Labute approximate surface area is 151 Å². The average Bonchev–Trinajstić information content (AvgIpc) is 2.65. The Morgan fingerprint density at radius 2 is 1.84 bits per heavy atom. The van der Waals surface area contributed by atoms with Crippen molar-refractivity contribution in [1.82, 2.24) is 20.2 Å². The molecule has 1 aromatic heterocycles. The lowest BCUT2D eigenvalue weighted by molar-refractivity contribution is -0.127. The van der Waals surface area contributed by atoms with Crippen LogP contribution in [-0.4, -0.2) is 59.0 Å². The van der Waals surface area contributed by atoms with E-state index in [1.807, 2.05) is 13.0 Å². The van der Waals surface area contributed by atoms with Crippen LogP contribution in [0.4, 0.5) is 5.95 Å². The van der Waals surface area contributed by atoms with Gasteiger partial charge < -0.3 is 10.2 Å². The minimum absolute atomic E-state index is 0.0803. The molecule has 0 radical (unpaired) electrons. The van der Waals surface area contributed by atoms with E-state index in [1.54, 1.807) is 12.4 Å². The maximum Gasteiger partial charge on any atom is 0.237 e. The zero-order chi connectivity index (χ0) is 17.8. The molecule has 1 saturated heterocycles. The molecule has 3 rings (SSSR count). The Morgan fingerprint density at radius 1 is 1.16 bits per heavy atom. The molecule has 6 heteroatoms. The number of piperazine rings is 1. The summed E-state index contributed by atoms with van der Waals surface area (Å²) in [4.78, 5) is 25.8. The maximum absolute atomic E-state index is 12.7. The molecule has 2 heterocycles. The highest BCUT2D eigenvalue weighted by Gasteiger charge is 2.31. The molecular formula is C19H31N5O. The lowest BCUT2D eigenvalue weighted by Gasteiger charge is -2.39. The number of carbonyl (C=O) groups excluding carboxylic acids is 1. The minimum atomic E-state index is -0.0803. The lowest BCUT2D eigenvalue weighted by atomic mass is 9.78. The second-order valence-corrected chi connectivity index (χ2v) is 7.63. The maximum atomic E-state index is 12.7. The van der Waals surface area contributed by atoms with E-state index < -0.39 is 0 Å². The summed E-state index contributed by atoms with van der Waals surface area (Å²) in [5, 5.41) is 3.32. The van der Waals surface area contributed by atoms with Crippen LogP contribution in [0, 0.1) is 11.8 Å². The number of aromatic nitrogens is 2. The number of nitrogens with one attached hydrogen (secondary N) is 1. The Balaban J connectivity index is 1.50. The van der Waals surface area contributed by atoms with Crippen molar-refractivity contribution in [2.24, 2.45) is 11.8 Å². The monoisotopic (exact) mass is 345 g/mol. The SMILES string of the molecule is C[C@@H]1[C@H](C)CCC[C@H]1NC(=O)[C@@H](C)N1CCN(c2ncccn2)CC1. The zero-order valence-electron chi connectivity index (χ0n) is 15.7. The van der Waals surface area contributed by atoms with Gasteiger partial charge in [-0.1, -0.05) is 26.7 Å². The Morgan fingerprint density at radius 3 is 2.52 bits per heavy atom. The van der Waals surface area contributed by atoms with Crippen LogP contribution in [0.1, 0.15) is 40.0 Å². The molecule has 1 aliphatic heterocycles. The molecule has 25 heavy (non-hydrogen) atoms. The topological polar surface area (TPSA) is 61.4 Å². The fourth-order valence-electron chi connectivity index (χ4n) is 4.02. The van der Waals surface area contributed by atoms with Crippen molar-refractivity contribution >= 4 is 11.9 Å². The first-order valence-corrected chi connectivity index (χ1v) is 9.62. The molecule has 138 valence electrons. The smallest absolute Gasteiger partial charge is 0.237 e. The first kappa shape index (κ1) is 18.1. The molecule has 0 unspecified atom stereocenters. The number of amides is 1.